The van der Waals surface area contributed by atoms with Crippen LogP contribution in [0.4, 0.5) is 0 Å². The molecule has 0 saturated heterocycles. The van der Waals surface area contributed by atoms with Crippen LogP contribution in [0.25, 0.3) is 11.1 Å². The number of benzene rings is 2. The molecule has 2 aromatic rings. The first-order valence-electron chi connectivity index (χ1n) is 11.0. The number of rotatable bonds is 7. The summed E-state index contributed by atoms with van der Waals surface area (Å²) in [6.45, 7) is 12.9. The molecule has 0 aromatic heterocycles. The van der Waals surface area contributed by atoms with E-state index >= 15 is 0 Å². The summed E-state index contributed by atoms with van der Waals surface area (Å²) in [5, 5.41) is 6.98. The van der Waals surface area contributed by atoms with Crippen LogP contribution in [-0.4, -0.2) is 23.5 Å². The first-order chi connectivity index (χ1) is 13.7. The first-order valence-corrected chi connectivity index (χ1v) is 11.0. The van der Waals surface area contributed by atoms with E-state index in [0.29, 0.717) is 6.04 Å². The van der Waals surface area contributed by atoms with E-state index in [9.17, 15) is 4.79 Å². The van der Waals surface area contributed by atoms with E-state index in [1.165, 1.54) is 11.1 Å². The zero-order chi connectivity index (χ0) is 21.2. The molecular weight excluding hydrogens is 356 g/mol. The lowest BCUT2D eigenvalue weighted by atomic mass is 9.72. The van der Waals surface area contributed by atoms with Gasteiger partial charge in [0.2, 0.25) is 5.91 Å². The molecule has 1 unspecified atom stereocenters. The minimum Gasteiger partial charge on any atom is -0.353 e. The van der Waals surface area contributed by atoms with Gasteiger partial charge < -0.3 is 10.6 Å². The van der Waals surface area contributed by atoms with Crippen LogP contribution >= 0.6 is 0 Å². The van der Waals surface area contributed by atoms with E-state index in [4.69, 9.17) is 0 Å². The van der Waals surface area contributed by atoms with Crippen LogP contribution in [0.2, 0.25) is 0 Å². The summed E-state index contributed by atoms with van der Waals surface area (Å²) >= 11 is 0. The Morgan fingerprint density at radius 1 is 0.966 bits per heavy atom. The maximum atomic E-state index is 13.8. The summed E-state index contributed by atoms with van der Waals surface area (Å²) in [5.41, 5.74) is 4.09. The SMILES string of the molecule is CCC(CCC1(C(=O)NC(C)C)c2ccccc2-c2ccccc21)NC(C)(C)C. The van der Waals surface area contributed by atoms with Crippen LogP contribution in [0.5, 0.6) is 0 Å². The lowest BCUT2D eigenvalue weighted by Crippen LogP contribution is -2.48. The molecule has 1 amide bonds. The van der Waals surface area contributed by atoms with Gasteiger partial charge in [0.15, 0.2) is 0 Å². The molecule has 1 aliphatic carbocycles. The molecule has 3 rings (SSSR count). The van der Waals surface area contributed by atoms with Crippen molar-refractivity contribution in [2.75, 3.05) is 0 Å². The second kappa shape index (κ2) is 8.31. The number of fused-ring (bicyclic) bond motifs is 3. The van der Waals surface area contributed by atoms with Crippen molar-refractivity contribution >= 4 is 5.91 Å². The third-order valence-corrected chi connectivity index (χ3v) is 5.87. The molecule has 29 heavy (non-hydrogen) atoms. The van der Waals surface area contributed by atoms with Crippen molar-refractivity contribution in [1.82, 2.24) is 10.6 Å². The molecule has 3 heteroatoms. The van der Waals surface area contributed by atoms with Crippen molar-refractivity contribution in [3.05, 3.63) is 59.7 Å². The normalized spacial score (nSPS) is 15.7. The Hall–Kier alpha value is -2.13. The van der Waals surface area contributed by atoms with Gasteiger partial charge in [-0.3, -0.25) is 4.79 Å². The fourth-order valence-corrected chi connectivity index (χ4v) is 4.72. The maximum absolute atomic E-state index is 13.8. The molecule has 2 N–H and O–H groups in total. The summed E-state index contributed by atoms with van der Waals surface area (Å²) < 4.78 is 0. The fraction of sp³-hybridized carbons (Fsp3) is 0.500. The molecule has 156 valence electrons. The third kappa shape index (κ3) is 4.25. The van der Waals surface area contributed by atoms with Crippen molar-refractivity contribution in [3.63, 3.8) is 0 Å². The van der Waals surface area contributed by atoms with Gasteiger partial charge in [-0.1, -0.05) is 55.5 Å². The average molecular weight is 393 g/mol. The highest BCUT2D eigenvalue weighted by molar-refractivity contribution is 6.00. The quantitative estimate of drug-likeness (QED) is 0.660. The van der Waals surface area contributed by atoms with Gasteiger partial charge in [0.1, 0.15) is 5.41 Å². The molecule has 0 saturated carbocycles. The molecular formula is C26H36N2O. The van der Waals surface area contributed by atoms with Gasteiger partial charge in [-0.25, -0.2) is 0 Å². The molecule has 2 aromatic carbocycles. The predicted molar refractivity (Wildman–Crippen MR) is 122 cm³/mol. The second-order valence-electron chi connectivity index (χ2n) is 9.66. The lowest BCUT2D eigenvalue weighted by molar-refractivity contribution is -0.126. The summed E-state index contributed by atoms with van der Waals surface area (Å²) in [6, 6.07) is 17.4. The van der Waals surface area contributed by atoms with Gasteiger partial charge in [0.05, 0.1) is 0 Å². The number of hydrogen-bond acceptors (Lipinski definition) is 2. The number of amides is 1. The fourth-order valence-electron chi connectivity index (χ4n) is 4.72. The third-order valence-electron chi connectivity index (χ3n) is 5.87. The van der Waals surface area contributed by atoms with Gasteiger partial charge in [-0.15, -0.1) is 0 Å². The van der Waals surface area contributed by atoms with Crippen LogP contribution in [0, 0.1) is 0 Å². The standard InChI is InChI=1S/C26H36N2O/c1-7-19(28-25(4,5)6)16-17-26(24(29)27-18(2)3)22-14-10-8-12-20(22)21-13-9-11-15-23(21)26/h8-15,18-19,28H,7,16-17H2,1-6H3,(H,27,29). The smallest absolute Gasteiger partial charge is 0.235 e. The molecule has 0 bridgehead atoms. The zero-order valence-corrected chi connectivity index (χ0v) is 18.8. The number of carbonyl (C=O) groups excluding carboxylic acids is 1. The van der Waals surface area contributed by atoms with Crippen molar-refractivity contribution in [2.24, 2.45) is 0 Å². The minimum absolute atomic E-state index is 0.0551. The Kier molecular flexibility index (Phi) is 6.19. The molecule has 0 fully saturated rings. The van der Waals surface area contributed by atoms with Crippen LogP contribution in [0.3, 0.4) is 0 Å². The topological polar surface area (TPSA) is 41.1 Å². The van der Waals surface area contributed by atoms with Crippen LogP contribution in [-0.2, 0) is 10.2 Å². The van der Waals surface area contributed by atoms with Crippen LogP contribution < -0.4 is 10.6 Å². The molecule has 1 atom stereocenters. The first kappa shape index (κ1) is 21.6. The molecule has 0 spiro atoms. The number of hydrogen-bond donors (Lipinski definition) is 2. The van der Waals surface area contributed by atoms with Gasteiger partial charge in [0.25, 0.3) is 0 Å². The predicted octanol–water partition coefficient (Wildman–Crippen LogP) is 5.42. The van der Waals surface area contributed by atoms with E-state index in [2.05, 4.69) is 86.9 Å². The molecule has 3 nitrogen and oxygen atoms in total. The summed E-state index contributed by atoms with van der Waals surface area (Å²) in [6.07, 6.45) is 2.78. The average Bonchev–Trinajstić information content (AvgIpc) is 2.95. The summed E-state index contributed by atoms with van der Waals surface area (Å²) in [4.78, 5) is 13.8. The Labute approximate surface area is 176 Å². The van der Waals surface area contributed by atoms with E-state index in [1.54, 1.807) is 0 Å². The number of nitrogens with one attached hydrogen (secondary N) is 2. The Bertz CT molecular complexity index is 818. The van der Waals surface area contributed by atoms with Crippen LogP contribution in [0.1, 0.15) is 71.9 Å². The van der Waals surface area contributed by atoms with Gasteiger partial charge in [-0.05, 0) is 76.1 Å². The van der Waals surface area contributed by atoms with Gasteiger partial charge >= 0.3 is 0 Å². The van der Waals surface area contributed by atoms with Crippen molar-refractivity contribution in [3.8, 4) is 11.1 Å². The van der Waals surface area contributed by atoms with Crippen molar-refractivity contribution in [1.29, 1.82) is 0 Å². The Morgan fingerprint density at radius 2 is 1.48 bits per heavy atom. The van der Waals surface area contributed by atoms with E-state index in [1.807, 2.05) is 13.8 Å². The van der Waals surface area contributed by atoms with E-state index in [-0.39, 0.29) is 17.5 Å². The zero-order valence-electron chi connectivity index (χ0n) is 18.8. The van der Waals surface area contributed by atoms with E-state index in [0.717, 1.165) is 30.4 Å². The van der Waals surface area contributed by atoms with E-state index < -0.39 is 5.41 Å². The van der Waals surface area contributed by atoms with Crippen molar-refractivity contribution in [2.45, 2.75) is 83.8 Å². The molecule has 0 aliphatic heterocycles. The molecule has 0 heterocycles. The highest BCUT2D eigenvalue weighted by Gasteiger charge is 2.48. The Morgan fingerprint density at radius 3 is 1.93 bits per heavy atom. The number of carbonyl (C=O) groups is 1. The minimum atomic E-state index is -0.634. The maximum Gasteiger partial charge on any atom is 0.235 e. The van der Waals surface area contributed by atoms with Gasteiger partial charge in [-0.2, -0.15) is 0 Å². The monoisotopic (exact) mass is 392 g/mol. The second-order valence-corrected chi connectivity index (χ2v) is 9.66. The summed E-state index contributed by atoms with van der Waals surface area (Å²) in [7, 11) is 0. The van der Waals surface area contributed by atoms with Crippen molar-refractivity contribution < 1.29 is 4.79 Å². The molecule has 1 aliphatic rings. The molecule has 0 radical (unpaired) electrons. The lowest BCUT2D eigenvalue weighted by Gasteiger charge is -2.35. The summed E-state index contributed by atoms with van der Waals surface area (Å²) in [5.74, 6) is 0.121. The Balaban J connectivity index is 2.07. The largest absolute Gasteiger partial charge is 0.353 e. The van der Waals surface area contributed by atoms with Crippen LogP contribution in [0.15, 0.2) is 48.5 Å². The highest BCUT2D eigenvalue weighted by atomic mass is 16.2. The highest BCUT2D eigenvalue weighted by Crippen LogP contribution is 2.51. The van der Waals surface area contributed by atoms with Gasteiger partial charge in [0, 0.05) is 17.6 Å².